The van der Waals surface area contributed by atoms with E-state index >= 15 is 0 Å². The molecule has 0 saturated carbocycles. The number of rotatable bonds is 18. The zero-order valence-electron chi connectivity index (χ0n) is 33.4. The molecule has 1 aromatic heterocycles. The second-order valence-electron chi connectivity index (χ2n) is 15.7. The first-order chi connectivity index (χ1) is 27.1. The van der Waals surface area contributed by atoms with Gasteiger partial charge in [-0.1, -0.05) is 47.6 Å². The lowest BCUT2D eigenvalue weighted by Crippen LogP contribution is -2.62. The molecule has 324 valence electrons. The van der Waals surface area contributed by atoms with Gasteiger partial charge in [0.2, 0.25) is 12.2 Å². The first kappa shape index (κ1) is 48.3. The maximum Gasteiger partial charge on any atom is 0.409 e. The molecule has 58 heavy (non-hydrogen) atoms. The first-order valence-electron chi connectivity index (χ1n) is 18.9. The van der Waals surface area contributed by atoms with E-state index < -0.39 is 76.4 Å². The van der Waals surface area contributed by atoms with Crippen LogP contribution in [-0.4, -0.2) is 132 Å². The molecule has 3 amide bonds. The number of ketones is 3. The number of alkyl carbamates (subject to hydrolysis) is 2. The Morgan fingerprint density at radius 2 is 1.67 bits per heavy atom. The molecule has 20 heteroatoms. The normalized spacial score (nSPS) is 25.3. The van der Waals surface area contributed by atoms with Crippen LogP contribution < -0.4 is 10.6 Å². The van der Waals surface area contributed by atoms with Gasteiger partial charge in [-0.15, -0.1) is 11.3 Å². The fraction of sp³-hybridized carbons (Fsp3) is 0.658. The Morgan fingerprint density at radius 3 is 2.28 bits per heavy atom. The molecule has 2 saturated heterocycles. The van der Waals surface area contributed by atoms with Crippen LogP contribution >= 0.6 is 11.3 Å². The summed E-state index contributed by atoms with van der Waals surface area (Å²) in [5, 5.41) is 44.4. The van der Waals surface area contributed by atoms with Crippen LogP contribution in [0.3, 0.4) is 0 Å². The Morgan fingerprint density at radius 1 is 1.00 bits per heavy atom. The zero-order chi connectivity index (χ0) is 43.5. The fourth-order valence-corrected chi connectivity index (χ4v) is 8.41. The Kier molecular flexibility index (Phi) is 18.1. The number of carbonyl (C=O) groups excluding carboxylic acids is 6. The Hall–Kier alpha value is -4.08. The lowest BCUT2D eigenvalue weighted by atomic mass is 9.84. The van der Waals surface area contributed by atoms with E-state index in [4.69, 9.17) is 19.3 Å². The number of aliphatic hydroxyl groups is 3. The van der Waals surface area contributed by atoms with Crippen LogP contribution in [0.1, 0.15) is 72.1 Å². The zero-order valence-corrected chi connectivity index (χ0v) is 35.0. The molecule has 4 rings (SSSR count). The molecule has 18 nitrogen and oxygen atoms in total. The standard InChI is InChI=1S/C22H28N2O6S2.C16H27NO9/c1-14(2)19(26)6-3-7-23-22(28)30-12-15-11-24-20(27)18(21(24)32(29)13-15)10-16(25)9-17-5-4-8-31-17;1-7(2)8(18)5-16(3,4)6-17-15(24)26-14-11(21)9(19)10(20)12(25-14)13(22)23/h4-5,8,11,14,18,21H,3,6-7,9-10,12-13H2,1-2H3,(H,23,28);7,9-12,14,19-21H,5-6H2,1-4H3,(H,17,24)(H,22,23). The van der Waals surface area contributed by atoms with Crippen molar-refractivity contribution in [2.24, 2.45) is 23.2 Å². The van der Waals surface area contributed by atoms with E-state index in [1.54, 1.807) is 33.9 Å². The molecular formula is C38H55N3O15S2. The summed E-state index contributed by atoms with van der Waals surface area (Å²) in [6.07, 6.45) is -7.68. The molecule has 0 aromatic carbocycles. The number of carbonyl (C=O) groups is 7. The number of β-lactam (4-membered cyclic amide) rings is 1. The maximum absolute atomic E-state index is 12.7. The van der Waals surface area contributed by atoms with Crippen LogP contribution in [0.25, 0.3) is 0 Å². The van der Waals surface area contributed by atoms with Gasteiger partial charge in [-0.25, -0.2) is 14.4 Å². The molecule has 8 atom stereocenters. The Bertz CT molecular complexity index is 1700. The van der Waals surface area contributed by atoms with Crippen molar-refractivity contribution < 1.29 is 72.4 Å². The summed E-state index contributed by atoms with van der Waals surface area (Å²) < 4.78 is 27.5. The summed E-state index contributed by atoms with van der Waals surface area (Å²) in [6, 6.07) is 3.76. The highest BCUT2D eigenvalue weighted by Gasteiger charge is 2.52. The molecule has 0 aliphatic carbocycles. The monoisotopic (exact) mass is 857 g/mol. The largest absolute Gasteiger partial charge is 0.479 e. The molecule has 1 aromatic rings. The second-order valence-corrected chi connectivity index (χ2v) is 18.3. The number of aliphatic carboxylic acids is 1. The lowest BCUT2D eigenvalue weighted by Gasteiger charge is -2.46. The molecule has 8 unspecified atom stereocenters. The van der Waals surface area contributed by atoms with E-state index in [9.17, 15) is 53.1 Å². The second kappa shape index (κ2) is 21.8. The third kappa shape index (κ3) is 14.0. The number of nitrogens with one attached hydrogen (secondary N) is 2. The summed E-state index contributed by atoms with van der Waals surface area (Å²) in [6.45, 7) is 11.1. The van der Waals surface area contributed by atoms with E-state index in [1.165, 1.54) is 16.2 Å². The number of thiophene rings is 1. The van der Waals surface area contributed by atoms with Gasteiger partial charge < -0.3 is 50.2 Å². The van der Waals surface area contributed by atoms with Crippen molar-refractivity contribution in [2.45, 2.75) is 110 Å². The van der Waals surface area contributed by atoms with Crippen LogP contribution in [0.5, 0.6) is 0 Å². The Balaban J connectivity index is 0.000000318. The van der Waals surface area contributed by atoms with Gasteiger partial charge in [-0.05, 0) is 28.9 Å². The molecule has 0 radical (unpaired) electrons. The van der Waals surface area contributed by atoms with Gasteiger partial charge in [0.25, 0.3) is 0 Å². The minimum absolute atomic E-state index is 0.0205. The van der Waals surface area contributed by atoms with Gasteiger partial charge in [0.05, 0.1) is 11.7 Å². The van der Waals surface area contributed by atoms with E-state index in [2.05, 4.69) is 10.6 Å². The molecule has 0 spiro atoms. The highest BCUT2D eigenvalue weighted by Crippen LogP contribution is 2.37. The predicted octanol–water partition coefficient (Wildman–Crippen LogP) is 1.66. The summed E-state index contributed by atoms with van der Waals surface area (Å²) in [5.74, 6) is -2.16. The van der Waals surface area contributed by atoms with Gasteiger partial charge >= 0.3 is 18.2 Å². The third-order valence-corrected chi connectivity index (χ3v) is 12.1. The quantitative estimate of drug-likeness (QED) is 0.0905. The van der Waals surface area contributed by atoms with Gasteiger partial charge in [-0.3, -0.25) is 23.4 Å². The number of fused-ring (bicyclic) bond motifs is 1. The van der Waals surface area contributed by atoms with Crippen LogP contribution in [0.2, 0.25) is 0 Å². The van der Waals surface area contributed by atoms with Crippen molar-refractivity contribution >= 4 is 63.5 Å². The smallest absolute Gasteiger partial charge is 0.409 e. The van der Waals surface area contributed by atoms with Crippen molar-refractivity contribution in [3.05, 3.63) is 34.2 Å². The van der Waals surface area contributed by atoms with Crippen LogP contribution in [0.15, 0.2) is 29.3 Å². The number of nitrogens with zero attached hydrogens (tertiary/aromatic N) is 1. The number of ether oxygens (including phenoxy) is 3. The van der Waals surface area contributed by atoms with Gasteiger partial charge in [0, 0.05) is 72.5 Å². The van der Waals surface area contributed by atoms with E-state index in [0.29, 0.717) is 25.0 Å². The van der Waals surface area contributed by atoms with E-state index in [-0.39, 0.29) is 73.3 Å². The molecule has 3 aliphatic heterocycles. The van der Waals surface area contributed by atoms with Crippen molar-refractivity contribution in [1.29, 1.82) is 0 Å². The molecule has 2 fully saturated rings. The van der Waals surface area contributed by atoms with E-state index in [0.717, 1.165) is 4.88 Å². The van der Waals surface area contributed by atoms with Gasteiger partial charge in [0.1, 0.15) is 47.6 Å². The predicted molar refractivity (Wildman–Crippen MR) is 208 cm³/mol. The number of Topliss-reactive ketones (excluding diaryl/α,β-unsaturated/α-hetero) is 3. The lowest BCUT2D eigenvalue weighted by molar-refractivity contribution is -0.278. The SMILES string of the molecule is CC(C)C(=O)CC(C)(C)CNC(=O)OC1OC(C(=O)O)C(O)C(O)C1O.CC(C)C(=O)CCCNC(=O)OCC1=CN2C(=O)C(CC(=O)Cc3cccs3)C2S(=O)C1. The number of hydrogen-bond acceptors (Lipinski definition) is 15. The van der Waals surface area contributed by atoms with Crippen molar-refractivity contribution in [3.63, 3.8) is 0 Å². The van der Waals surface area contributed by atoms with Crippen LogP contribution in [0.4, 0.5) is 9.59 Å². The highest BCUT2D eigenvalue weighted by atomic mass is 32.2. The summed E-state index contributed by atoms with van der Waals surface area (Å²) >= 11 is 1.50. The van der Waals surface area contributed by atoms with Crippen molar-refractivity contribution in [1.82, 2.24) is 15.5 Å². The fourth-order valence-electron chi connectivity index (χ4n) is 5.99. The molecular weight excluding hydrogens is 803 g/mol. The Labute approximate surface area is 343 Å². The summed E-state index contributed by atoms with van der Waals surface area (Å²) in [5.41, 5.74) is 0.0348. The van der Waals surface area contributed by atoms with Gasteiger partial charge in [-0.2, -0.15) is 0 Å². The van der Waals surface area contributed by atoms with Gasteiger partial charge in [0.15, 0.2) is 6.10 Å². The molecule has 6 N–H and O–H groups in total. The highest BCUT2D eigenvalue weighted by molar-refractivity contribution is 7.86. The average Bonchev–Trinajstić information content (AvgIpc) is 3.66. The van der Waals surface area contributed by atoms with Crippen molar-refractivity contribution in [3.8, 4) is 0 Å². The van der Waals surface area contributed by atoms with Crippen LogP contribution in [-0.2, 0) is 55.4 Å². The van der Waals surface area contributed by atoms with Crippen molar-refractivity contribution in [2.75, 3.05) is 25.4 Å². The number of carboxylic acids is 1. The summed E-state index contributed by atoms with van der Waals surface area (Å²) in [7, 11) is -1.36. The number of aliphatic hydroxyl groups excluding tert-OH is 3. The molecule has 3 aliphatic rings. The molecule has 4 heterocycles. The van der Waals surface area contributed by atoms with Crippen LogP contribution in [0, 0.1) is 23.2 Å². The number of hydrogen-bond donors (Lipinski definition) is 6. The summed E-state index contributed by atoms with van der Waals surface area (Å²) in [4.78, 5) is 85.2. The topological polar surface area (TPSA) is 272 Å². The van der Waals surface area contributed by atoms with E-state index in [1.807, 2.05) is 31.4 Å². The maximum atomic E-state index is 12.7. The minimum Gasteiger partial charge on any atom is -0.479 e. The minimum atomic E-state index is -1.87. The average molecular weight is 858 g/mol. The number of carboxylic acid groups (broad SMARTS) is 1. The number of amides is 3. The first-order valence-corrected chi connectivity index (χ1v) is 21.1. The third-order valence-electron chi connectivity index (χ3n) is 9.45. The molecule has 0 bridgehead atoms.